The molecule has 0 spiro atoms. The Balaban J connectivity index is 1.69. The highest BCUT2D eigenvalue weighted by atomic mass is 79.9. The second-order valence-electron chi connectivity index (χ2n) is 8.18. The van der Waals surface area contributed by atoms with E-state index in [1.54, 1.807) is 13.2 Å². The summed E-state index contributed by atoms with van der Waals surface area (Å²) < 4.78 is 23.5. The van der Waals surface area contributed by atoms with E-state index in [0.717, 1.165) is 21.2 Å². The maximum atomic E-state index is 12.2. The third-order valence-electron chi connectivity index (χ3n) is 5.40. The smallest absolute Gasteiger partial charge is 0.339 e. The number of carbonyl (C=O) groups is 1. The standard InChI is InChI=1S/C29H31BrO5/c1-21(14-15-26(29(31)33-3)34-19-22-10-6-4-7-11-22)16-24-17-25(30)18-27(28(24)32-2)35-20-23-12-8-5-9-13-23/h4-15,17-18,21,26H,16,19-20H2,1-3H3/b15-14+. The van der Waals surface area contributed by atoms with E-state index in [1.165, 1.54) is 7.11 Å². The summed E-state index contributed by atoms with van der Waals surface area (Å²) in [5.41, 5.74) is 3.07. The molecule has 5 nitrogen and oxygen atoms in total. The molecular weight excluding hydrogens is 508 g/mol. The second kappa shape index (κ2) is 13.7. The third-order valence-corrected chi connectivity index (χ3v) is 5.86. The number of halogens is 1. The number of rotatable bonds is 12. The minimum Gasteiger partial charge on any atom is -0.493 e. The molecule has 0 N–H and O–H groups in total. The van der Waals surface area contributed by atoms with Crippen molar-refractivity contribution in [2.75, 3.05) is 14.2 Å². The van der Waals surface area contributed by atoms with E-state index in [4.69, 9.17) is 18.9 Å². The van der Waals surface area contributed by atoms with E-state index < -0.39 is 12.1 Å². The monoisotopic (exact) mass is 538 g/mol. The Hall–Kier alpha value is -3.09. The molecule has 0 amide bonds. The molecule has 2 atom stereocenters. The summed E-state index contributed by atoms with van der Waals surface area (Å²) in [6.07, 6.45) is 3.64. The molecule has 6 heteroatoms. The van der Waals surface area contributed by atoms with Gasteiger partial charge in [0, 0.05) is 4.47 Å². The number of hydrogen-bond acceptors (Lipinski definition) is 5. The van der Waals surface area contributed by atoms with E-state index in [0.29, 0.717) is 31.1 Å². The third kappa shape index (κ3) is 8.26. The first-order valence-electron chi connectivity index (χ1n) is 11.4. The SMILES string of the molecule is COC(=O)C(/C=C/C(C)Cc1cc(Br)cc(OCc2ccccc2)c1OC)OCc1ccccc1. The van der Waals surface area contributed by atoms with Crippen LogP contribution in [0.5, 0.6) is 11.5 Å². The molecule has 0 bridgehead atoms. The van der Waals surface area contributed by atoms with E-state index in [-0.39, 0.29) is 5.92 Å². The van der Waals surface area contributed by atoms with Crippen LogP contribution >= 0.6 is 15.9 Å². The number of ether oxygens (including phenoxy) is 4. The normalized spacial score (nSPS) is 12.8. The van der Waals surface area contributed by atoms with Gasteiger partial charge in [0.25, 0.3) is 0 Å². The zero-order valence-electron chi connectivity index (χ0n) is 20.3. The van der Waals surface area contributed by atoms with Gasteiger partial charge in [0.2, 0.25) is 0 Å². The average molecular weight is 539 g/mol. The molecule has 3 rings (SSSR count). The average Bonchev–Trinajstić information content (AvgIpc) is 2.88. The van der Waals surface area contributed by atoms with Crippen molar-refractivity contribution in [3.8, 4) is 11.5 Å². The largest absolute Gasteiger partial charge is 0.493 e. The number of benzene rings is 3. The first-order chi connectivity index (χ1) is 17.0. The van der Waals surface area contributed by atoms with Crippen LogP contribution in [0.25, 0.3) is 0 Å². The number of hydrogen-bond donors (Lipinski definition) is 0. The highest BCUT2D eigenvalue weighted by molar-refractivity contribution is 9.10. The Morgan fingerprint density at radius 1 is 0.914 bits per heavy atom. The van der Waals surface area contributed by atoms with Crippen molar-refractivity contribution in [2.24, 2.45) is 5.92 Å². The Morgan fingerprint density at radius 3 is 2.14 bits per heavy atom. The van der Waals surface area contributed by atoms with Crippen molar-refractivity contribution in [1.82, 2.24) is 0 Å². The van der Waals surface area contributed by atoms with Crippen LogP contribution in [0.1, 0.15) is 23.6 Å². The predicted octanol–water partition coefficient (Wildman–Crippen LogP) is 6.53. The number of allylic oxidation sites excluding steroid dienone is 1. The minimum atomic E-state index is -0.781. The van der Waals surface area contributed by atoms with E-state index in [1.807, 2.05) is 78.9 Å². The quantitative estimate of drug-likeness (QED) is 0.194. The molecule has 3 aromatic rings. The zero-order valence-corrected chi connectivity index (χ0v) is 21.9. The number of esters is 1. The van der Waals surface area contributed by atoms with Crippen molar-refractivity contribution in [2.45, 2.75) is 32.7 Å². The predicted molar refractivity (Wildman–Crippen MR) is 141 cm³/mol. The molecule has 0 heterocycles. The molecule has 0 aliphatic carbocycles. The molecule has 184 valence electrons. The van der Waals surface area contributed by atoms with Crippen molar-refractivity contribution in [1.29, 1.82) is 0 Å². The highest BCUT2D eigenvalue weighted by Crippen LogP contribution is 2.36. The maximum Gasteiger partial charge on any atom is 0.339 e. The minimum absolute atomic E-state index is 0.104. The van der Waals surface area contributed by atoms with Crippen LogP contribution in [-0.4, -0.2) is 26.3 Å². The molecule has 0 fully saturated rings. The van der Waals surface area contributed by atoms with Crippen molar-refractivity contribution in [3.63, 3.8) is 0 Å². The van der Waals surface area contributed by atoms with Gasteiger partial charge in [-0.2, -0.15) is 0 Å². The second-order valence-corrected chi connectivity index (χ2v) is 9.09. The van der Waals surface area contributed by atoms with Crippen LogP contribution in [0, 0.1) is 5.92 Å². The molecule has 0 radical (unpaired) electrons. The van der Waals surface area contributed by atoms with Crippen molar-refractivity contribution < 1.29 is 23.7 Å². The lowest BCUT2D eigenvalue weighted by atomic mass is 9.99. The van der Waals surface area contributed by atoms with Crippen LogP contribution in [0.3, 0.4) is 0 Å². The Morgan fingerprint density at radius 2 is 1.54 bits per heavy atom. The lowest BCUT2D eigenvalue weighted by molar-refractivity contribution is -0.151. The zero-order chi connectivity index (χ0) is 25.0. The number of carbonyl (C=O) groups excluding carboxylic acids is 1. The van der Waals surface area contributed by atoms with Gasteiger partial charge in [-0.25, -0.2) is 4.79 Å². The number of methoxy groups -OCH3 is 2. The molecule has 0 aromatic heterocycles. The van der Waals surface area contributed by atoms with Gasteiger partial charge in [-0.1, -0.05) is 89.6 Å². The summed E-state index contributed by atoms with van der Waals surface area (Å²) in [5, 5.41) is 0. The summed E-state index contributed by atoms with van der Waals surface area (Å²) >= 11 is 3.59. The first-order valence-corrected chi connectivity index (χ1v) is 12.2. The molecule has 0 aliphatic rings. The van der Waals surface area contributed by atoms with Crippen molar-refractivity contribution >= 4 is 21.9 Å². The topological polar surface area (TPSA) is 54.0 Å². The van der Waals surface area contributed by atoms with Gasteiger partial charge in [0.1, 0.15) is 6.61 Å². The van der Waals surface area contributed by atoms with Gasteiger partial charge in [-0.05, 0) is 47.2 Å². The lowest BCUT2D eigenvalue weighted by Gasteiger charge is -2.17. The van der Waals surface area contributed by atoms with Crippen LogP contribution in [0.15, 0.2) is 89.4 Å². The molecule has 2 unspecified atom stereocenters. The van der Waals surface area contributed by atoms with E-state index in [9.17, 15) is 4.79 Å². The van der Waals surface area contributed by atoms with Crippen LogP contribution in [-0.2, 0) is 33.9 Å². The van der Waals surface area contributed by atoms with Gasteiger partial charge >= 0.3 is 5.97 Å². The van der Waals surface area contributed by atoms with Gasteiger partial charge in [0.15, 0.2) is 17.6 Å². The Labute approximate surface area is 215 Å². The summed E-state index contributed by atoms with van der Waals surface area (Å²) in [6.45, 7) is 2.84. The fourth-order valence-corrected chi connectivity index (χ4v) is 4.12. The Bertz CT molecular complexity index is 1100. The molecule has 0 saturated heterocycles. The first kappa shape index (κ1) is 26.5. The maximum absolute atomic E-state index is 12.2. The van der Waals surface area contributed by atoms with Gasteiger partial charge < -0.3 is 18.9 Å². The fraction of sp³-hybridized carbons (Fsp3) is 0.276. The highest BCUT2D eigenvalue weighted by Gasteiger charge is 2.18. The molecular formula is C29H31BrO5. The molecule has 0 saturated carbocycles. The van der Waals surface area contributed by atoms with Gasteiger partial charge in [-0.15, -0.1) is 0 Å². The fourth-order valence-electron chi connectivity index (χ4n) is 3.63. The summed E-state index contributed by atoms with van der Waals surface area (Å²) in [4.78, 5) is 12.2. The summed E-state index contributed by atoms with van der Waals surface area (Å²) in [6, 6.07) is 23.7. The summed E-state index contributed by atoms with van der Waals surface area (Å²) in [7, 11) is 3.01. The van der Waals surface area contributed by atoms with E-state index >= 15 is 0 Å². The lowest BCUT2D eigenvalue weighted by Crippen LogP contribution is -2.23. The van der Waals surface area contributed by atoms with Crippen LogP contribution in [0.2, 0.25) is 0 Å². The van der Waals surface area contributed by atoms with E-state index in [2.05, 4.69) is 22.9 Å². The molecule has 35 heavy (non-hydrogen) atoms. The summed E-state index contributed by atoms with van der Waals surface area (Å²) in [5.74, 6) is 1.05. The van der Waals surface area contributed by atoms with Gasteiger partial charge in [0.05, 0.1) is 20.8 Å². The Kier molecular flexibility index (Phi) is 10.4. The van der Waals surface area contributed by atoms with Crippen LogP contribution in [0.4, 0.5) is 0 Å². The van der Waals surface area contributed by atoms with Gasteiger partial charge in [-0.3, -0.25) is 0 Å². The van der Waals surface area contributed by atoms with Crippen molar-refractivity contribution in [3.05, 3.63) is 106 Å². The molecule has 3 aromatic carbocycles. The molecule has 0 aliphatic heterocycles. The van der Waals surface area contributed by atoms with Crippen LogP contribution < -0.4 is 9.47 Å².